The number of ketones is 1. The van der Waals surface area contributed by atoms with E-state index >= 15 is 0 Å². The maximum absolute atomic E-state index is 11.2. The number of Topliss-reactive ketones (excluding diaryl/α,β-unsaturated/α-hetero) is 1. The summed E-state index contributed by atoms with van der Waals surface area (Å²) in [5.41, 5.74) is 0. The molecule has 0 heterocycles. The molecule has 90 valence electrons. The van der Waals surface area contributed by atoms with Crippen LogP contribution in [-0.4, -0.2) is 32.7 Å². The first-order valence-corrected chi connectivity index (χ1v) is 5.89. The number of carbonyl (C=O) groups is 1. The quantitative estimate of drug-likeness (QED) is 0.498. The summed E-state index contributed by atoms with van der Waals surface area (Å²) in [6, 6.07) is 0. The lowest BCUT2D eigenvalue weighted by atomic mass is 10.1. The molecule has 0 fully saturated rings. The zero-order valence-electron chi connectivity index (χ0n) is 10.1. The summed E-state index contributed by atoms with van der Waals surface area (Å²) in [5.74, 6) is 0.401. The third kappa shape index (κ3) is 11.5. The second-order valence-corrected chi connectivity index (χ2v) is 3.70. The highest BCUT2D eigenvalue weighted by Crippen LogP contribution is 2.03. The zero-order valence-corrected chi connectivity index (χ0v) is 10.1. The Kier molecular flexibility index (Phi) is 11.3. The van der Waals surface area contributed by atoms with E-state index in [0.29, 0.717) is 19.0 Å². The van der Waals surface area contributed by atoms with Crippen molar-refractivity contribution in [3.63, 3.8) is 0 Å². The standard InChI is InChI=1S/C12H24O3/c1-3-7-12(13)8-5-4-6-9-15-11-10-14-2/h3-11H2,1-2H3. The number of hydrogen-bond donors (Lipinski definition) is 0. The van der Waals surface area contributed by atoms with Crippen molar-refractivity contribution in [2.24, 2.45) is 0 Å². The first kappa shape index (κ1) is 14.6. The van der Waals surface area contributed by atoms with Gasteiger partial charge in [0.25, 0.3) is 0 Å². The van der Waals surface area contributed by atoms with Gasteiger partial charge >= 0.3 is 0 Å². The van der Waals surface area contributed by atoms with Crippen LogP contribution in [0, 0.1) is 0 Å². The molecule has 15 heavy (non-hydrogen) atoms. The number of methoxy groups -OCH3 is 1. The van der Waals surface area contributed by atoms with Crippen molar-refractivity contribution in [2.75, 3.05) is 26.9 Å². The van der Waals surface area contributed by atoms with Crippen LogP contribution in [0.25, 0.3) is 0 Å². The minimum atomic E-state index is 0.401. The van der Waals surface area contributed by atoms with E-state index in [2.05, 4.69) is 0 Å². The summed E-state index contributed by atoms with van der Waals surface area (Å²) in [4.78, 5) is 11.2. The number of carbonyl (C=O) groups excluding carboxylic acids is 1. The average molecular weight is 216 g/mol. The van der Waals surface area contributed by atoms with Crippen LogP contribution in [0.1, 0.15) is 45.4 Å². The van der Waals surface area contributed by atoms with Crippen molar-refractivity contribution < 1.29 is 14.3 Å². The highest BCUT2D eigenvalue weighted by atomic mass is 16.5. The van der Waals surface area contributed by atoms with Gasteiger partial charge in [-0.25, -0.2) is 0 Å². The maximum Gasteiger partial charge on any atom is 0.132 e. The monoisotopic (exact) mass is 216 g/mol. The molecule has 0 saturated heterocycles. The number of ether oxygens (including phenoxy) is 2. The summed E-state index contributed by atoms with van der Waals surface area (Å²) >= 11 is 0. The molecule has 0 atom stereocenters. The van der Waals surface area contributed by atoms with Crippen LogP contribution in [0.5, 0.6) is 0 Å². The fraction of sp³-hybridized carbons (Fsp3) is 0.917. The molecule has 0 radical (unpaired) electrons. The predicted octanol–water partition coefficient (Wildman–Crippen LogP) is 2.58. The molecule has 0 N–H and O–H groups in total. The van der Waals surface area contributed by atoms with Gasteiger partial charge in [-0.3, -0.25) is 4.79 Å². The van der Waals surface area contributed by atoms with Gasteiger partial charge in [-0.15, -0.1) is 0 Å². The van der Waals surface area contributed by atoms with Gasteiger partial charge in [-0.2, -0.15) is 0 Å². The van der Waals surface area contributed by atoms with Gasteiger partial charge in [0.2, 0.25) is 0 Å². The molecule has 0 aromatic heterocycles. The van der Waals surface area contributed by atoms with Crippen LogP contribution in [0.15, 0.2) is 0 Å². The van der Waals surface area contributed by atoms with E-state index in [1.807, 2.05) is 6.92 Å². The second-order valence-electron chi connectivity index (χ2n) is 3.70. The van der Waals surface area contributed by atoms with Crippen LogP contribution in [0.2, 0.25) is 0 Å². The van der Waals surface area contributed by atoms with Crippen molar-refractivity contribution in [3.05, 3.63) is 0 Å². The van der Waals surface area contributed by atoms with Gasteiger partial charge in [-0.05, 0) is 19.3 Å². The topological polar surface area (TPSA) is 35.5 Å². The Morgan fingerprint density at radius 2 is 1.80 bits per heavy atom. The molecule has 3 nitrogen and oxygen atoms in total. The van der Waals surface area contributed by atoms with Crippen LogP contribution in [0.4, 0.5) is 0 Å². The summed E-state index contributed by atoms with van der Waals surface area (Å²) < 4.78 is 10.2. The fourth-order valence-electron chi connectivity index (χ4n) is 1.35. The molecule has 0 aliphatic rings. The Labute approximate surface area is 93.1 Å². The molecule has 0 amide bonds. The van der Waals surface area contributed by atoms with E-state index in [9.17, 15) is 4.79 Å². The second kappa shape index (κ2) is 11.7. The van der Waals surface area contributed by atoms with Gasteiger partial charge in [0.1, 0.15) is 5.78 Å². The molecule has 0 aliphatic carbocycles. The summed E-state index contributed by atoms with van der Waals surface area (Å²) in [5, 5.41) is 0. The van der Waals surface area contributed by atoms with E-state index in [0.717, 1.165) is 45.1 Å². The summed E-state index contributed by atoms with van der Waals surface area (Å²) in [7, 11) is 1.67. The molecular formula is C12H24O3. The van der Waals surface area contributed by atoms with Crippen molar-refractivity contribution in [1.29, 1.82) is 0 Å². The summed E-state index contributed by atoms with van der Waals surface area (Å²) in [6.45, 7) is 4.16. The molecule has 0 spiro atoms. The van der Waals surface area contributed by atoms with Crippen molar-refractivity contribution in [2.45, 2.75) is 45.4 Å². The largest absolute Gasteiger partial charge is 0.382 e. The molecule has 0 saturated carbocycles. The maximum atomic E-state index is 11.2. The van der Waals surface area contributed by atoms with Gasteiger partial charge in [-0.1, -0.05) is 13.3 Å². The molecule has 3 heteroatoms. The molecular weight excluding hydrogens is 192 g/mol. The minimum Gasteiger partial charge on any atom is -0.382 e. The minimum absolute atomic E-state index is 0.401. The number of unbranched alkanes of at least 4 members (excludes halogenated alkanes) is 2. The smallest absolute Gasteiger partial charge is 0.132 e. The first-order chi connectivity index (χ1) is 7.31. The van der Waals surface area contributed by atoms with Crippen molar-refractivity contribution in [3.8, 4) is 0 Å². The van der Waals surface area contributed by atoms with Crippen LogP contribution < -0.4 is 0 Å². The van der Waals surface area contributed by atoms with Crippen LogP contribution in [-0.2, 0) is 14.3 Å². The van der Waals surface area contributed by atoms with E-state index in [1.165, 1.54) is 0 Å². The van der Waals surface area contributed by atoms with Gasteiger partial charge in [0, 0.05) is 26.6 Å². The highest BCUT2D eigenvalue weighted by Gasteiger charge is 1.99. The lowest BCUT2D eigenvalue weighted by molar-refractivity contribution is -0.119. The first-order valence-electron chi connectivity index (χ1n) is 5.89. The third-order valence-electron chi connectivity index (χ3n) is 2.20. The van der Waals surface area contributed by atoms with Crippen LogP contribution >= 0.6 is 0 Å². The zero-order chi connectivity index (χ0) is 11.4. The lowest BCUT2D eigenvalue weighted by Crippen LogP contribution is -2.03. The summed E-state index contributed by atoms with van der Waals surface area (Å²) in [6.07, 6.45) is 5.59. The Bertz CT molecular complexity index is 146. The Balaban J connectivity index is 3.01. The highest BCUT2D eigenvalue weighted by molar-refractivity contribution is 5.78. The van der Waals surface area contributed by atoms with Crippen molar-refractivity contribution in [1.82, 2.24) is 0 Å². The molecule has 0 aliphatic heterocycles. The van der Waals surface area contributed by atoms with Gasteiger partial charge < -0.3 is 9.47 Å². The molecule has 0 rings (SSSR count). The van der Waals surface area contributed by atoms with E-state index in [4.69, 9.17) is 9.47 Å². The average Bonchev–Trinajstić information content (AvgIpc) is 2.22. The fourth-order valence-corrected chi connectivity index (χ4v) is 1.35. The Morgan fingerprint density at radius 1 is 1.00 bits per heavy atom. The van der Waals surface area contributed by atoms with Crippen molar-refractivity contribution >= 4 is 5.78 Å². The van der Waals surface area contributed by atoms with E-state index < -0.39 is 0 Å². The van der Waals surface area contributed by atoms with E-state index in [-0.39, 0.29) is 0 Å². The Morgan fingerprint density at radius 3 is 2.47 bits per heavy atom. The molecule has 0 aromatic carbocycles. The number of rotatable bonds is 11. The van der Waals surface area contributed by atoms with E-state index in [1.54, 1.807) is 7.11 Å². The number of hydrogen-bond acceptors (Lipinski definition) is 3. The molecule has 0 aromatic rings. The SMILES string of the molecule is CCCC(=O)CCCCCOCCOC. The molecule has 0 unspecified atom stereocenters. The third-order valence-corrected chi connectivity index (χ3v) is 2.20. The van der Waals surface area contributed by atoms with Gasteiger partial charge in [0.05, 0.1) is 13.2 Å². The molecule has 0 bridgehead atoms. The Hall–Kier alpha value is -0.410. The van der Waals surface area contributed by atoms with Gasteiger partial charge in [0.15, 0.2) is 0 Å². The normalized spacial score (nSPS) is 10.5. The predicted molar refractivity (Wildman–Crippen MR) is 61.1 cm³/mol. The lowest BCUT2D eigenvalue weighted by Gasteiger charge is -2.03. The van der Waals surface area contributed by atoms with Crippen LogP contribution in [0.3, 0.4) is 0 Å².